The van der Waals surface area contributed by atoms with Gasteiger partial charge in [-0.25, -0.2) is 0 Å². The summed E-state index contributed by atoms with van der Waals surface area (Å²) in [4.78, 5) is 0. The summed E-state index contributed by atoms with van der Waals surface area (Å²) in [7, 11) is -2.20. The molecule has 0 radical (unpaired) electrons. The van der Waals surface area contributed by atoms with Gasteiger partial charge < -0.3 is 8.23 Å². The molecule has 0 N–H and O–H groups in total. The van der Waals surface area contributed by atoms with Crippen LogP contribution in [0.2, 0.25) is 0 Å². The van der Waals surface area contributed by atoms with Gasteiger partial charge in [-0.15, -0.1) is 0 Å². The molecule has 0 aliphatic carbocycles. The van der Waals surface area contributed by atoms with E-state index in [4.69, 9.17) is 12.8 Å². The van der Waals surface area contributed by atoms with Gasteiger partial charge in [-0.1, -0.05) is 13.8 Å². The average molecular weight is 179 g/mol. The molecular formula is C4H13NO3Si2. The molecule has 60 valence electrons. The summed E-state index contributed by atoms with van der Waals surface area (Å²) in [5.41, 5.74) is 0. The van der Waals surface area contributed by atoms with E-state index in [9.17, 15) is 0 Å². The van der Waals surface area contributed by atoms with Crippen LogP contribution in [0.4, 0.5) is 0 Å². The molecule has 10 heavy (non-hydrogen) atoms. The van der Waals surface area contributed by atoms with Crippen molar-refractivity contribution in [3.05, 3.63) is 0 Å². The van der Waals surface area contributed by atoms with E-state index in [2.05, 4.69) is 0 Å². The van der Waals surface area contributed by atoms with Crippen molar-refractivity contribution in [2.45, 2.75) is 13.8 Å². The summed E-state index contributed by atoms with van der Waals surface area (Å²) in [6.45, 7) is 5.89. The van der Waals surface area contributed by atoms with Gasteiger partial charge in [-0.05, 0) is 0 Å². The summed E-state index contributed by atoms with van der Waals surface area (Å²) < 4.78 is 15.7. The third-order valence-electron chi connectivity index (χ3n) is 1.35. The van der Waals surface area contributed by atoms with Gasteiger partial charge in [0.25, 0.3) is 10.0 Å². The summed E-state index contributed by atoms with van der Waals surface area (Å²) in [6.07, 6.45) is 0. The summed E-state index contributed by atoms with van der Waals surface area (Å²) in [5, 5.41) is 1.87. The Balaban J connectivity index is 2.08. The standard InChI is InChI=1S/C4H13NO3Si2/c1-3-5(4-2)6-10-7-9-8-10/h10H,3-4,9H2,1-2H3. The first-order valence-electron chi connectivity index (χ1n) is 3.51. The van der Waals surface area contributed by atoms with Crippen LogP contribution in [0.1, 0.15) is 13.8 Å². The zero-order valence-corrected chi connectivity index (χ0v) is 8.94. The molecule has 0 saturated carbocycles. The van der Waals surface area contributed by atoms with Crippen molar-refractivity contribution in [3.63, 3.8) is 0 Å². The second-order valence-electron chi connectivity index (χ2n) is 1.96. The molecular weight excluding hydrogens is 166 g/mol. The predicted octanol–water partition coefficient (Wildman–Crippen LogP) is -0.977. The zero-order chi connectivity index (χ0) is 7.40. The van der Waals surface area contributed by atoms with Gasteiger partial charge in [0.1, 0.15) is 0 Å². The van der Waals surface area contributed by atoms with Gasteiger partial charge in [0.05, 0.1) is 0 Å². The van der Waals surface area contributed by atoms with Crippen molar-refractivity contribution in [3.8, 4) is 0 Å². The van der Waals surface area contributed by atoms with Crippen molar-refractivity contribution < 1.29 is 12.8 Å². The SMILES string of the molecule is CCN(CC)O[SiH]1O[SiH2]O1. The quantitative estimate of drug-likeness (QED) is 0.410. The molecule has 0 bridgehead atoms. The van der Waals surface area contributed by atoms with Crippen LogP contribution in [0.25, 0.3) is 0 Å². The largest absolute Gasteiger partial charge is 0.482 e. The van der Waals surface area contributed by atoms with Gasteiger partial charge in [0, 0.05) is 13.1 Å². The van der Waals surface area contributed by atoms with Crippen LogP contribution in [-0.2, 0) is 12.8 Å². The van der Waals surface area contributed by atoms with Crippen LogP contribution in [0.5, 0.6) is 0 Å². The van der Waals surface area contributed by atoms with Crippen molar-refractivity contribution in [2.75, 3.05) is 13.1 Å². The Hall–Kier alpha value is 0.274. The molecule has 0 aromatic rings. The minimum Gasteiger partial charge on any atom is -0.400 e. The van der Waals surface area contributed by atoms with Crippen LogP contribution in [0.15, 0.2) is 0 Å². The molecule has 1 rings (SSSR count). The van der Waals surface area contributed by atoms with Gasteiger partial charge >= 0.3 is 9.53 Å². The molecule has 1 aliphatic rings. The predicted molar refractivity (Wildman–Crippen MR) is 41.9 cm³/mol. The Morgan fingerprint density at radius 2 is 2.00 bits per heavy atom. The van der Waals surface area contributed by atoms with Crippen LogP contribution < -0.4 is 0 Å². The van der Waals surface area contributed by atoms with E-state index in [1.165, 1.54) is 0 Å². The van der Waals surface area contributed by atoms with Gasteiger partial charge in [-0.2, -0.15) is 5.06 Å². The molecule has 0 atom stereocenters. The second kappa shape index (κ2) is 4.21. The lowest BCUT2D eigenvalue weighted by Crippen LogP contribution is -2.46. The minimum absolute atomic E-state index is 0.591. The van der Waals surface area contributed by atoms with E-state index in [0.717, 1.165) is 13.1 Å². The Kier molecular flexibility index (Phi) is 3.53. The number of rotatable bonds is 4. The summed E-state index contributed by atoms with van der Waals surface area (Å²) >= 11 is 0. The summed E-state index contributed by atoms with van der Waals surface area (Å²) in [6, 6.07) is 0. The highest BCUT2D eigenvalue weighted by Crippen LogP contribution is 2.03. The molecule has 1 fully saturated rings. The van der Waals surface area contributed by atoms with Crippen molar-refractivity contribution in [1.29, 1.82) is 0 Å². The van der Waals surface area contributed by atoms with E-state index in [0.29, 0.717) is 0 Å². The molecule has 1 aliphatic heterocycles. The van der Waals surface area contributed by atoms with E-state index in [1.54, 1.807) is 0 Å². The molecule has 0 aromatic carbocycles. The molecule has 0 spiro atoms. The fourth-order valence-electron chi connectivity index (χ4n) is 0.679. The van der Waals surface area contributed by atoms with Crippen LogP contribution in [0.3, 0.4) is 0 Å². The molecule has 6 heteroatoms. The van der Waals surface area contributed by atoms with Crippen LogP contribution in [0, 0.1) is 0 Å². The Labute approximate surface area is 65.1 Å². The maximum atomic E-state index is 5.35. The lowest BCUT2D eigenvalue weighted by atomic mass is 10.6. The highest BCUT2D eigenvalue weighted by Gasteiger charge is 2.26. The zero-order valence-electron chi connectivity index (χ0n) is 6.37. The average Bonchev–Trinajstić information content (AvgIpc) is 1.87. The Morgan fingerprint density at radius 1 is 1.40 bits per heavy atom. The molecule has 1 heterocycles. The minimum atomic E-state index is -1.61. The first kappa shape index (κ1) is 8.37. The third kappa shape index (κ3) is 2.15. The monoisotopic (exact) mass is 179 g/mol. The third-order valence-corrected chi connectivity index (χ3v) is 5.09. The van der Waals surface area contributed by atoms with Gasteiger partial charge in [0.2, 0.25) is 0 Å². The molecule has 0 amide bonds. The number of hydrogen-bond acceptors (Lipinski definition) is 4. The van der Waals surface area contributed by atoms with E-state index in [-0.39, 0.29) is 0 Å². The fourth-order valence-corrected chi connectivity index (χ4v) is 2.70. The molecule has 0 unspecified atom stereocenters. The molecule has 1 saturated heterocycles. The lowest BCUT2D eigenvalue weighted by Gasteiger charge is -2.29. The van der Waals surface area contributed by atoms with E-state index < -0.39 is 19.5 Å². The highest BCUT2D eigenvalue weighted by molar-refractivity contribution is 6.59. The van der Waals surface area contributed by atoms with Crippen molar-refractivity contribution in [1.82, 2.24) is 5.06 Å². The number of hydroxylamine groups is 2. The van der Waals surface area contributed by atoms with Crippen molar-refractivity contribution >= 4 is 19.5 Å². The summed E-state index contributed by atoms with van der Waals surface area (Å²) in [5.74, 6) is 0. The van der Waals surface area contributed by atoms with Gasteiger partial charge in [0.15, 0.2) is 0 Å². The smallest absolute Gasteiger partial charge is 0.400 e. The Bertz CT molecular complexity index is 96.5. The van der Waals surface area contributed by atoms with Gasteiger partial charge in [-0.3, -0.25) is 4.53 Å². The number of hydrogen-bond donors (Lipinski definition) is 0. The normalized spacial score (nSPS) is 27.3. The van der Waals surface area contributed by atoms with E-state index >= 15 is 0 Å². The maximum Gasteiger partial charge on any atom is 0.482 e. The molecule has 0 aromatic heterocycles. The first-order chi connectivity index (χ1) is 4.86. The van der Waals surface area contributed by atoms with E-state index in [1.807, 2.05) is 18.9 Å². The second-order valence-corrected chi connectivity index (χ2v) is 5.65. The van der Waals surface area contributed by atoms with Crippen LogP contribution >= 0.6 is 0 Å². The highest BCUT2D eigenvalue weighted by atomic mass is 28.5. The topological polar surface area (TPSA) is 30.9 Å². The molecule has 4 nitrogen and oxygen atoms in total. The first-order valence-corrected chi connectivity index (χ1v) is 6.08. The van der Waals surface area contributed by atoms with Crippen LogP contribution in [-0.4, -0.2) is 37.7 Å². The Morgan fingerprint density at radius 3 is 2.30 bits per heavy atom. The van der Waals surface area contributed by atoms with Crippen molar-refractivity contribution in [2.24, 2.45) is 0 Å². The number of nitrogens with zero attached hydrogens (tertiary/aromatic N) is 1. The lowest BCUT2D eigenvalue weighted by molar-refractivity contribution is -0.0939. The maximum absolute atomic E-state index is 5.35. The fraction of sp³-hybridized carbons (Fsp3) is 1.00.